The van der Waals surface area contributed by atoms with Crippen molar-refractivity contribution in [3.05, 3.63) is 59.2 Å². The van der Waals surface area contributed by atoms with Gasteiger partial charge in [-0.3, -0.25) is 0 Å². The summed E-state index contributed by atoms with van der Waals surface area (Å²) >= 11 is 4.69. The summed E-state index contributed by atoms with van der Waals surface area (Å²) in [5.41, 5.74) is 6.96. The van der Waals surface area contributed by atoms with Crippen molar-refractivity contribution < 1.29 is 8.78 Å². The van der Waals surface area contributed by atoms with E-state index in [0.717, 1.165) is 17.7 Å². The first kappa shape index (κ1) is 13.4. The molecular weight excluding hydrogens is 266 g/mol. The number of aryl methyl sites for hydroxylation is 1. The summed E-state index contributed by atoms with van der Waals surface area (Å²) < 4.78 is 27.6. The van der Waals surface area contributed by atoms with Crippen LogP contribution >= 0.6 is 12.2 Å². The van der Waals surface area contributed by atoms with Gasteiger partial charge in [-0.2, -0.15) is 0 Å². The molecule has 2 aromatic carbocycles. The van der Waals surface area contributed by atoms with E-state index in [1.54, 1.807) is 12.1 Å². The van der Waals surface area contributed by atoms with Gasteiger partial charge in [-0.1, -0.05) is 29.9 Å². The first-order valence-corrected chi connectivity index (χ1v) is 6.01. The number of benzene rings is 2. The van der Waals surface area contributed by atoms with Crippen molar-refractivity contribution in [2.45, 2.75) is 6.92 Å². The van der Waals surface area contributed by atoms with E-state index in [9.17, 15) is 8.78 Å². The average Bonchev–Trinajstić information content (AvgIpc) is 2.35. The molecular formula is C14H12F2N2S. The molecule has 0 aliphatic heterocycles. The molecule has 5 heteroatoms. The van der Waals surface area contributed by atoms with Crippen molar-refractivity contribution in [2.75, 3.05) is 5.32 Å². The summed E-state index contributed by atoms with van der Waals surface area (Å²) in [5, 5.41) is 2.70. The SMILES string of the molecule is Cc1ccc(Nc2c(F)cc(C(N)=S)cc2F)cc1. The Kier molecular flexibility index (Phi) is 3.76. The van der Waals surface area contributed by atoms with Gasteiger partial charge in [0.15, 0.2) is 0 Å². The maximum absolute atomic E-state index is 13.8. The van der Waals surface area contributed by atoms with Gasteiger partial charge in [0.1, 0.15) is 22.3 Å². The second kappa shape index (κ2) is 5.32. The first-order chi connectivity index (χ1) is 8.97. The third-order valence-electron chi connectivity index (χ3n) is 2.65. The Labute approximate surface area is 115 Å². The van der Waals surface area contributed by atoms with Crippen LogP contribution in [0.4, 0.5) is 20.2 Å². The summed E-state index contributed by atoms with van der Waals surface area (Å²) in [6.07, 6.45) is 0. The minimum Gasteiger partial charge on any atom is -0.389 e. The maximum Gasteiger partial charge on any atom is 0.150 e. The van der Waals surface area contributed by atoms with Crippen molar-refractivity contribution in [2.24, 2.45) is 5.73 Å². The lowest BCUT2D eigenvalue weighted by atomic mass is 10.1. The van der Waals surface area contributed by atoms with Gasteiger partial charge in [-0.25, -0.2) is 8.78 Å². The lowest BCUT2D eigenvalue weighted by Crippen LogP contribution is -2.11. The molecule has 0 unspecified atom stereocenters. The Morgan fingerprint density at radius 2 is 1.63 bits per heavy atom. The summed E-state index contributed by atoms with van der Waals surface area (Å²) in [6, 6.07) is 9.41. The molecule has 2 nitrogen and oxygen atoms in total. The molecule has 0 amide bonds. The lowest BCUT2D eigenvalue weighted by Gasteiger charge is -2.10. The van der Waals surface area contributed by atoms with Crippen LogP contribution in [0.1, 0.15) is 11.1 Å². The zero-order valence-electron chi connectivity index (χ0n) is 10.2. The van der Waals surface area contributed by atoms with Gasteiger partial charge in [-0.05, 0) is 31.2 Å². The minimum atomic E-state index is -0.733. The van der Waals surface area contributed by atoms with Crippen LogP contribution in [0.2, 0.25) is 0 Å². The average molecular weight is 278 g/mol. The van der Waals surface area contributed by atoms with Gasteiger partial charge in [-0.15, -0.1) is 0 Å². The Bertz CT molecular complexity index is 601. The van der Waals surface area contributed by atoms with Gasteiger partial charge in [0.25, 0.3) is 0 Å². The highest BCUT2D eigenvalue weighted by Crippen LogP contribution is 2.25. The predicted octanol–water partition coefficient (Wildman–Crippen LogP) is 3.65. The molecule has 0 radical (unpaired) electrons. The minimum absolute atomic E-state index is 0.0420. The van der Waals surface area contributed by atoms with Crippen LogP contribution in [0.3, 0.4) is 0 Å². The number of nitrogens with two attached hydrogens (primary N) is 1. The fourth-order valence-corrected chi connectivity index (χ4v) is 1.73. The van der Waals surface area contributed by atoms with Gasteiger partial charge in [0.05, 0.1) is 0 Å². The van der Waals surface area contributed by atoms with Crippen molar-refractivity contribution in [3.8, 4) is 0 Å². The number of anilines is 2. The highest BCUT2D eigenvalue weighted by Gasteiger charge is 2.12. The summed E-state index contributed by atoms with van der Waals surface area (Å²) in [5.74, 6) is -1.47. The van der Waals surface area contributed by atoms with E-state index < -0.39 is 11.6 Å². The van der Waals surface area contributed by atoms with Gasteiger partial charge in [0, 0.05) is 11.3 Å². The fourth-order valence-electron chi connectivity index (χ4n) is 1.62. The van der Waals surface area contributed by atoms with E-state index in [2.05, 4.69) is 5.32 Å². The molecule has 0 aliphatic carbocycles. The topological polar surface area (TPSA) is 38.0 Å². The summed E-state index contributed by atoms with van der Waals surface area (Å²) in [7, 11) is 0. The van der Waals surface area contributed by atoms with Crippen LogP contribution < -0.4 is 11.1 Å². The first-order valence-electron chi connectivity index (χ1n) is 5.60. The molecule has 0 fully saturated rings. The Morgan fingerprint density at radius 1 is 1.11 bits per heavy atom. The standard InChI is InChI=1S/C14H12F2N2S/c1-8-2-4-10(5-3-8)18-13-11(15)6-9(14(17)19)7-12(13)16/h2-7,18H,1H3,(H2,17,19). The number of hydrogen-bond acceptors (Lipinski definition) is 2. The number of thiocarbonyl (C=S) groups is 1. The van der Waals surface area contributed by atoms with Crippen LogP contribution in [0.25, 0.3) is 0 Å². The molecule has 98 valence electrons. The Balaban J connectivity index is 2.35. The molecule has 0 heterocycles. The Morgan fingerprint density at radius 3 is 2.11 bits per heavy atom. The second-order valence-corrected chi connectivity index (χ2v) is 4.61. The van der Waals surface area contributed by atoms with Gasteiger partial charge < -0.3 is 11.1 Å². The molecule has 0 aromatic heterocycles. The number of halogens is 2. The van der Waals surface area contributed by atoms with Crippen molar-refractivity contribution in [1.29, 1.82) is 0 Å². The molecule has 0 saturated heterocycles. The van der Waals surface area contributed by atoms with Gasteiger partial charge >= 0.3 is 0 Å². The van der Waals surface area contributed by atoms with E-state index in [1.165, 1.54) is 0 Å². The predicted molar refractivity (Wildman–Crippen MR) is 76.7 cm³/mol. The number of hydrogen-bond donors (Lipinski definition) is 2. The van der Waals surface area contributed by atoms with E-state index in [0.29, 0.717) is 5.69 Å². The zero-order chi connectivity index (χ0) is 14.0. The third-order valence-corrected chi connectivity index (χ3v) is 2.88. The van der Waals surface area contributed by atoms with Crippen LogP contribution in [0, 0.1) is 18.6 Å². The maximum atomic E-state index is 13.8. The van der Waals surface area contributed by atoms with Gasteiger partial charge in [0.2, 0.25) is 0 Å². The molecule has 2 aromatic rings. The monoisotopic (exact) mass is 278 g/mol. The smallest absolute Gasteiger partial charge is 0.150 e. The van der Waals surface area contributed by atoms with Crippen molar-refractivity contribution in [3.63, 3.8) is 0 Å². The fraction of sp³-hybridized carbons (Fsp3) is 0.0714. The zero-order valence-corrected chi connectivity index (χ0v) is 11.0. The van der Waals surface area contributed by atoms with Crippen LogP contribution in [-0.4, -0.2) is 4.99 Å². The molecule has 2 rings (SSSR count). The summed E-state index contributed by atoms with van der Waals surface area (Å²) in [6.45, 7) is 1.93. The van der Waals surface area contributed by atoms with E-state index >= 15 is 0 Å². The molecule has 0 bridgehead atoms. The van der Waals surface area contributed by atoms with Crippen LogP contribution in [0.5, 0.6) is 0 Å². The highest BCUT2D eigenvalue weighted by atomic mass is 32.1. The normalized spacial score (nSPS) is 10.3. The molecule has 3 N–H and O–H groups in total. The van der Waals surface area contributed by atoms with Crippen molar-refractivity contribution in [1.82, 2.24) is 0 Å². The van der Waals surface area contributed by atoms with E-state index in [1.807, 2.05) is 19.1 Å². The molecule has 19 heavy (non-hydrogen) atoms. The summed E-state index contributed by atoms with van der Waals surface area (Å²) in [4.78, 5) is -0.0420. The Hall–Kier alpha value is -2.01. The number of nitrogens with one attached hydrogen (secondary N) is 1. The van der Waals surface area contributed by atoms with E-state index in [-0.39, 0.29) is 16.2 Å². The quantitative estimate of drug-likeness (QED) is 0.842. The molecule has 0 atom stereocenters. The second-order valence-electron chi connectivity index (χ2n) is 4.17. The number of rotatable bonds is 3. The lowest BCUT2D eigenvalue weighted by molar-refractivity contribution is 0.590. The third kappa shape index (κ3) is 3.06. The largest absolute Gasteiger partial charge is 0.389 e. The molecule has 0 spiro atoms. The highest BCUT2D eigenvalue weighted by molar-refractivity contribution is 7.80. The molecule has 0 saturated carbocycles. The van der Waals surface area contributed by atoms with Crippen LogP contribution in [0.15, 0.2) is 36.4 Å². The van der Waals surface area contributed by atoms with E-state index in [4.69, 9.17) is 18.0 Å². The molecule has 0 aliphatic rings. The van der Waals surface area contributed by atoms with Crippen LogP contribution in [-0.2, 0) is 0 Å². The van der Waals surface area contributed by atoms with Crippen molar-refractivity contribution >= 4 is 28.6 Å².